The van der Waals surface area contributed by atoms with Crippen molar-refractivity contribution >= 4 is 0 Å². The number of hydrogen-bond acceptors (Lipinski definition) is 2. The molecule has 0 aliphatic heterocycles. The zero-order valence-electron chi connectivity index (χ0n) is 10.6. The highest BCUT2D eigenvalue weighted by molar-refractivity contribution is 5.16. The maximum absolute atomic E-state index is 11.6. The molecular weight excluding hydrogens is 216 g/mol. The minimum absolute atomic E-state index is 0. The van der Waals surface area contributed by atoms with Gasteiger partial charge < -0.3 is 9.55 Å². The van der Waals surface area contributed by atoms with Crippen LogP contribution in [0.1, 0.15) is 39.5 Å². The molecule has 96 valence electrons. The number of nitrogens with one attached hydrogen (secondary N) is 1. The zero-order valence-corrected chi connectivity index (χ0v) is 10.6. The van der Waals surface area contributed by atoms with Crippen molar-refractivity contribution in [2.45, 2.75) is 46.1 Å². The fourth-order valence-corrected chi connectivity index (χ4v) is 2.08. The molecule has 1 aliphatic rings. The number of fused-ring (bicyclic) bond motifs is 1. The molecule has 1 aromatic heterocycles. The normalized spacial score (nSPS) is 13.3. The van der Waals surface area contributed by atoms with Gasteiger partial charge in [0.15, 0.2) is 0 Å². The number of aryl methyl sites for hydroxylation is 1. The predicted octanol–water partition coefficient (Wildman–Crippen LogP) is 1.87. The van der Waals surface area contributed by atoms with Crippen molar-refractivity contribution in [3.05, 3.63) is 44.8 Å². The maximum Gasteiger partial charge on any atom is 0.316 e. The van der Waals surface area contributed by atoms with Gasteiger partial charge in [-0.2, -0.15) is 0 Å². The van der Waals surface area contributed by atoms with Gasteiger partial charge in [-0.1, -0.05) is 19.9 Å². The van der Waals surface area contributed by atoms with E-state index in [2.05, 4.69) is 11.6 Å². The van der Waals surface area contributed by atoms with Crippen LogP contribution in [0, 0.1) is 0 Å². The topological polar surface area (TPSA) is 54.9 Å². The molecule has 0 spiro atoms. The van der Waals surface area contributed by atoms with Gasteiger partial charge >= 0.3 is 11.1 Å². The van der Waals surface area contributed by atoms with Crippen LogP contribution in [0.4, 0.5) is 0 Å². The molecule has 0 saturated heterocycles. The Morgan fingerprint density at radius 2 is 2.00 bits per heavy atom. The van der Waals surface area contributed by atoms with Gasteiger partial charge in [-0.25, -0.2) is 0 Å². The van der Waals surface area contributed by atoms with Crippen molar-refractivity contribution in [3.63, 3.8) is 0 Å². The van der Waals surface area contributed by atoms with Gasteiger partial charge in [0.25, 0.3) is 0 Å². The summed E-state index contributed by atoms with van der Waals surface area (Å²) >= 11 is 0. The molecule has 0 bridgehead atoms. The first-order valence-electron chi connectivity index (χ1n) is 6.20. The Kier molecular flexibility index (Phi) is 4.94. The van der Waals surface area contributed by atoms with Crippen LogP contribution in [0.5, 0.6) is 0 Å². The second-order valence-electron chi connectivity index (χ2n) is 3.79. The summed E-state index contributed by atoms with van der Waals surface area (Å²) in [6.45, 7) is 8.03. The standard InChI is InChI=1S/C11H14N2O2.C2H6.H2/c1-2-7-13-9-6-4-3-5-8(9)12-10(14)11(13)15;1-2;/h2H,1,3-7H2,(H,12,14);1-2H3;1H. The van der Waals surface area contributed by atoms with Crippen LogP contribution in [0.15, 0.2) is 22.2 Å². The average molecular weight is 238 g/mol. The molecule has 1 aromatic rings. The number of aromatic nitrogens is 2. The third-order valence-corrected chi connectivity index (χ3v) is 2.78. The van der Waals surface area contributed by atoms with E-state index in [0.717, 1.165) is 37.1 Å². The van der Waals surface area contributed by atoms with Gasteiger partial charge in [-0.05, 0) is 25.7 Å². The summed E-state index contributed by atoms with van der Waals surface area (Å²) in [5.41, 5.74) is 0.923. The average Bonchev–Trinajstić information content (AvgIpc) is 2.37. The molecule has 0 aromatic carbocycles. The number of aromatic amines is 1. The molecule has 1 heterocycles. The van der Waals surface area contributed by atoms with E-state index in [-0.39, 0.29) is 1.43 Å². The highest BCUT2D eigenvalue weighted by Crippen LogP contribution is 2.16. The van der Waals surface area contributed by atoms with E-state index in [0.29, 0.717) is 6.54 Å². The van der Waals surface area contributed by atoms with Gasteiger partial charge in [0.1, 0.15) is 0 Å². The van der Waals surface area contributed by atoms with Crippen LogP contribution in [-0.4, -0.2) is 9.55 Å². The Labute approximate surface area is 102 Å². The molecule has 0 atom stereocenters. The number of H-pyrrole nitrogens is 1. The molecule has 0 fully saturated rings. The van der Waals surface area contributed by atoms with Gasteiger partial charge in [-0.15, -0.1) is 6.58 Å². The van der Waals surface area contributed by atoms with E-state index in [1.165, 1.54) is 0 Å². The first kappa shape index (κ1) is 13.5. The molecule has 0 unspecified atom stereocenters. The highest BCUT2D eigenvalue weighted by atomic mass is 16.2. The van der Waals surface area contributed by atoms with E-state index < -0.39 is 11.1 Å². The number of allylic oxidation sites excluding steroid dienone is 1. The van der Waals surface area contributed by atoms with Crippen molar-refractivity contribution in [2.75, 3.05) is 0 Å². The molecule has 0 radical (unpaired) electrons. The lowest BCUT2D eigenvalue weighted by molar-refractivity contribution is 0.582. The summed E-state index contributed by atoms with van der Waals surface area (Å²) in [4.78, 5) is 25.6. The molecular formula is C13H22N2O2. The van der Waals surface area contributed by atoms with Crippen molar-refractivity contribution in [2.24, 2.45) is 0 Å². The summed E-state index contributed by atoms with van der Waals surface area (Å²) in [5.74, 6) is 0. The van der Waals surface area contributed by atoms with Gasteiger partial charge in [0, 0.05) is 19.4 Å². The van der Waals surface area contributed by atoms with Crippen molar-refractivity contribution < 1.29 is 1.43 Å². The van der Waals surface area contributed by atoms with Crippen molar-refractivity contribution in [1.82, 2.24) is 9.55 Å². The number of rotatable bonds is 2. The molecule has 1 aliphatic carbocycles. The zero-order chi connectivity index (χ0) is 12.8. The van der Waals surface area contributed by atoms with E-state index in [1.807, 2.05) is 13.8 Å². The highest BCUT2D eigenvalue weighted by Gasteiger charge is 2.15. The quantitative estimate of drug-likeness (QED) is 0.631. The Balaban J connectivity index is 0.000000917. The summed E-state index contributed by atoms with van der Waals surface area (Å²) in [7, 11) is 0. The van der Waals surface area contributed by atoms with Crippen LogP contribution >= 0.6 is 0 Å². The van der Waals surface area contributed by atoms with Crippen LogP contribution in [0.25, 0.3) is 0 Å². The van der Waals surface area contributed by atoms with E-state index in [1.54, 1.807) is 10.6 Å². The first-order valence-corrected chi connectivity index (χ1v) is 6.20. The molecule has 0 amide bonds. The lowest BCUT2D eigenvalue weighted by atomic mass is 10.00. The summed E-state index contributed by atoms with van der Waals surface area (Å²) in [6.07, 6.45) is 5.54. The first-order chi connectivity index (χ1) is 8.24. The Morgan fingerprint density at radius 3 is 2.65 bits per heavy atom. The van der Waals surface area contributed by atoms with Crippen LogP contribution in [0.3, 0.4) is 0 Å². The predicted molar refractivity (Wildman–Crippen MR) is 71.6 cm³/mol. The monoisotopic (exact) mass is 238 g/mol. The largest absolute Gasteiger partial charge is 0.320 e. The van der Waals surface area contributed by atoms with Crippen LogP contribution < -0.4 is 11.1 Å². The summed E-state index contributed by atoms with van der Waals surface area (Å²) < 4.78 is 1.54. The number of hydrogen-bond donors (Lipinski definition) is 1. The van der Waals surface area contributed by atoms with E-state index >= 15 is 0 Å². The molecule has 2 rings (SSSR count). The molecule has 4 nitrogen and oxygen atoms in total. The second kappa shape index (κ2) is 6.23. The van der Waals surface area contributed by atoms with E-state index in [9.17, 15) is 9.59 Å². The Hall–Kier alpha value is -1.58. The second-order valence-corrected chi connectivity index (χ2v) is 3.79. The SMILES string of the molecule is C=CCn1c2c([nH]c(=O)c1=O)CCCC2.CC.[HH]. The third-order valence-electron chi connectivity index (χ3n) is 2.78. The Bertz CT molecular complexity index is 503. The van der Waals surface area contributed by atoms with Crippen molar-refractivity contribution in [1.29, 1.82) is 0 Å². The fraction of sp³-hybridized carbons (Fsp3) is 0.538. The maximum atomic E-state index is 11.6. The van der Waals surface area contributed by atoms with Crippen LogP contribution in [-0.2, 0) is 19.4 Å². The van der Waals surface area contributed by atoms with Gasteiger partial charge in [0.05, 0.1) is 0 Å². The summed E-state index contributed by atoms with van der Waals surface area (Å²) in [5, 5.41) is 0. The minimum Gasteiger partial charge on any atom is -0.320 e. The summed E-state index contributed by atoms with van der Waals surface area (Å²) in [6, 6.07) is 0. The van der Waals surface area contributed by atoms with Crippen LogP contribution in [0.2, 0.25) is 0 Å². The van der Waals surface area contributed by atoms with Gasteiger partial charge in [-0.3, -0.25) is 9.59 Å². The van der Waals surface area contributed by atoms with Crippen molar-refractivity contribution in [3.8, 4) is 0 Å². The lowest BCUT2D eigenvalue weighted by Gasteiger charge is -2.19. The Morgan fingerprint density at radius 1 is 1.35 bits per heavy atom. The molecule has 1 N–H and O–H groups in total. The van der Waals surface area contributed by atoms with E-state index in [4.69, 9.17) is 0 Å². The molecule has 0 saturated carbocycles. The smallest absolute Gasteiger partial charge is 0.316 e. The van der Waals surface area contributed by atoms with Gasteiger partial charge in [0.2, 0.25) is 0 Å². The molecule has 4 heteroatoms. The minimum atomic E-state index is -0.516. The fourth-order valence-electron chi connectivity index (χ4n) is 2.08. The molecule has 17 heavy (non-hydrogen) atoms. The third kappa shape index (κ3) is 2.75. The number of nitrogens with zero attached hydrogens (tertiary/aromatic N) is 1. The lowest BCUT2D eigenvalue weighted by Crippen LogP contribution is -2.40.